The minimum Gasteiger partial charge on any atom is -0.443 e. The molecule has 1 aliphatic rings. The Bertz CT molecular complexity index is 1370. The number of hydrogen-bond acceptors (Lipinski definition) is 3. The summed E-state index contributed by atoms with van der Waals surface area (Å²) in [7, 11) is 0. The molecule has 5 aromatic rings. The smallest absolute Gasteiger partial charge is 0.181 e. The summed E-state index contributed by atoms with van der Waals surface area (Å²) in [5.74, 6) is 0. The Labute approximate surface area is 181 Å². The zero-order valence-corrected chi connectivity index (χ0v) is 17.6. The van der Waals surface area contributed by atoms with Gasteiger partial charge in [-0.05, 0) is 72.7 Å². The van der Waals surface area contributed by atoms with E-state index in [-0.39, 0.29) is 0 Å². The van der Waals surface area contributed by atoms with Crippen LogP contribution in [0.15, 0.2) is 77.5 Å². The molecule has 0 saturated carbocycles. The van der Waals surface area contributed by atoms with E-state index in [2.05, 4.69) is 82.9 Å². The molecule has 31 heavy (non-hydrogen) atoms. The van der Waals surface area contributed by atoms with Crippen LogP contribution in [0.1, 0.15) is 48.7 Å². The molecule has 0 amide bonds. The molecule has 1 unspecified atom stereocenters. The standard InChI is InChI=1S/C27H25N3O/c1-17(18-6-3-2-4-7-18)29-24-9-5-8-21-22-14-19(10-12-23(22)30-27(21)24)20-11-13-26-25(15-20)28-16-31-26/h2-4,6-7,10-17,24,29-30H,5,8-9H2,1H3/t17-,24?/m1/s1. The lowest BCUT2D eigenvalue weighted by Crippen LogP contribution is -2.27. The van der Waals surface area contributed by atoms with Gasteiger partial charge in [-0.1, -0.05) is 42.5 Å². The molecule has 4 nitrogen and oxygen atoms in total. The number of oxazole rings is 1. The summed E-state index contributed by atoms with van der Waals surface area (Å²) in [6.45, 7) is 2.25. The fourth-order valence-corrected chi connectivity index (χ4v) is 4.99. The molecule has 0 fully saturated rings. The molecule has 6 rings (SSSR count). The average molecular weight is 408 g/mol. The first kappa shape index (κ1) is 18.4. The predicted molar refractivity (Wildman–Crippen MR) is 125 cm³/mol. The number of aromatic amines is 1. The van der Waals surface area contributed by atoms with Crippen molar-refractivity contribution in [3.63, 3.8) is 0 Å². The number of rotatable bonds is 4. The Morgan fingerprint density at radius 1 is 1.03 bits per heavy atom. The van der Waals surface area contributed by atoms with Crippen LogP contribution >= 0.6 is 0 Å². The first-order valence-corrected chi connectivity index (χ1v) is 11.1. The number of aromatic nitrogens is 2. The molecule has 2 N–H and O–H groups in total. The van der Waals surface area contributed by atoms with E-state index in [1.54, 1.807) is 0 Å². The Kier molecular flexibility index (Phi) is 4.39. The number of fused-ring (bicyclic) bond motifs is 4. The van der Waals surface area contributed by atoms with Crippen LogP contribution in [-0.4, -0.2) is 9.97 Å². The molecule has 0 saturated heterocycles. The minimum atomic E-state index is 0.313. The van der Waals surface area contributed by atoms with E-state index < -0.39 is 0 Å². The summed E-state index contributed by atoms with van der Waals surface area (Å²) >= 11 is 0. The van der Waals surface area contributed by atoms with Crippen molar-refractivity contribution >= 4 is 22.0 Å². The van der Waals surface area contributed by atoms with Gasteiger partial charge >= 0.3 is 0 Å². The lowest BCUT2D eigenvalue weighted by Gasteiger charge is -2.27. The van der Waals surface area contributed by atoms with Crippen molar-refractivity contribution in [1.82, 2.24) is 15.3 Å². The van der Waals surface area contributed by atoms with Gasteiger partial charge in [0.1, 0.15) is 5.52 Å². The molecule has 0 bridgehead atoms. The second-order valence-electron chi connectivity index (χ2n) is 8.56. The van der Waals surface area contributed by atoms with Crippen LogP contribution < -0.4 is 5.32 Å². The first-order valence-electron chi connectivity index (χ1n) is 11.1. The maximum atomic E-state index is 5.39. The third-order valence-corrected chi connectivity index (χ3v) is 6.62. The highest BCUT2D eigenvalue weighted by Crippen LogP contribution is 2.37. The summed E-state index contributed by atoms with van der Waals surface area (Å²) < 4.78 is 5.39. The van der Waals surface area contributed by atoms with E-state index in [0.29, 0.717) is 12.1 Å². The maximum Gasteiger partial charge on any atom is 0.181 e. The zero-order valence-electron chi connectivity index (χ0n) is 17.6. The Hall–Kier alpha value is -3.37. The average Bonchev–Trinajstić information content (AvgIpc) is 3.43. The van der Waals surface area contributed by atoms with Gasteiger partial charge in [-0.25, -0.2) is 4.98 Å². The Balaban J connectivity index is 1.36. The number of benzene rings is 3. The van der Waals surface area contributed by atoms with E-state index in [1.165, 1.54) is 51.7 Å². The minimum absolute atomic E-state index is 0.313. The van der Waals surface area contributed by atoms with E-state index in [1.807, 2.05) is 6.07 Å². The maximum absolute atomic E-state index is 5.39. The van der Waals surface area contributed by atoms with Crippen LogP contribution in [0.3, 0.4) is 0 Å². The summed E-state index contributed by atoms with van der Waals surface area (Å²) in [4.78, 5) is 8.05. The van der Waals surface area contributed by atoms with Crippen molar-refractivity contribution in [2.45, 2.75) is 38.3 Å². The van der Waals surface area contributed by atoms with Crippen LogP contribution in [-0.2, 0) is 6.42 Å². The molecule has 0 radical (unpaired) electrons. The topological polar surface area (TPSA) is 53.9 Å². The summed E-state index contributed by atoms with van der Waals surface area (Å²) in [6.07, 6.45) is 4.99. The number of H-pyrrole nitrogens is 1. The highest BCUT2D eigenvalue weighted by Gasteiger charge is 2.25. The fourth-order valence-electron chi connectivity index (χ4n) is 4.99. The fraction of sp³-hybridized carbons (Fsp3) is 0.222. The Morgan fingerprint density at radius 3 is 2.77 bits per heavy atom. The molecular formula is C27H25N3O. The lowest BCUT2D eigenvalue weighted by atomic mass is 9.90. The lowest BCUT2D eigenvalue weighted by molar-refractivity contribution is 0.410. The molecule has 0 aliphatic heterocycles. The van der Waals surface area contributed by atoms with E-state index in [4.69, 9.17) is 4.42 Å². The van der Waals surface area contributed by atoms with E-state index in [0.717, 1.165) is 23.9 Å². The van der Waals surface area contributed by atoms with Gasteiger partial charge in [0, 0.05) is 28.7 Å². The van der Waals surface area contributed by atoms with Gasteiger partial charge in [-0.15, -0.1) is 0 Å². The van der Waals surface area contributed by atoms with Crippen LogP contribution in [0, 0.1) is 0 Å². The largest absolute Gasteiger partial charge is 0.443 e. The van der Waals surface area contributed by atoms with Crippen LogP contribution in [0.25, 0.3) is 33.1 Å². The van der Waals surface area contributed by atoms with Gasteiger partial charge in [0.15, 0.2) is 12.0 Å². The van der Waals surface area contributed by atoms with Gasteiger partial charge in [0.2, 0.25) is 0 Å². The van der Waals surface area contributed by atoms with Crippen LogP contribution in [0.4, 0.5) is 0 Å². The summed E-state index contributed by atoms with van der Waals surface area (Å²) in [5.41, 5.74) is 9.47. The second-order valence-corrected chi connectivity index (χ2v) is 8.56. The van der Waals surface area contributed by atoms with Crippen LogP contribution in [0.2, 0.25) is 0 Å². The van der Waals surface area contributed by atoms with E-state index >= 15 is 0 Å². The summed E-state index contributed by atoms with van der Waals surface area (Å²) in [5, 5.41) is 5.21. The van der Waals surface area contributed by atoms with Crippen molar-refractivity contribution in [2.75, 3.05) is 0 Å². The molecule has 1 aliphatic carbocycles. The van der Waals surface area contributed by atoms with Gasteiger partial charge in [0.05, 0.1) is 0 Å². The summed E-state index contributed by atoms with van der Waals surface area (Å²) in [6, 6.07) is 24.3. The molecule has 0 spiro atoms. The van der Waals surface area contributed by atoms with E-state index in [9.17, 15) is 0 Å². The quantitative estimate of drug-likeness (QED) is 0.348. The molecule has 3 aromatic carbocycles. The first-order chi connectivity index (χ1) is 15.3. The third-order valence-electron chi connectivity index (χ3n) is 6.62. The van der Waals surface area contributed by atoms with Crippen molar-refractivity contribution in [1.29, 1.82) is 0 Å². The van der Waals surface area contributed by atoms with Crippen molar-refractivity contribution in [3.05, 3.63) is 89.9 Å². The normalized spacial score (nSPS) is 17.1. The third kappa shape index (κ3) is 3.24. The van der Waals surface area contributed by atoms with Gasteiger partial charge < -0.3 is 14.7 Å². The van der Waals surface area contributed by atoms with Gasteiger partial charge in [-0.2, -0.15) is 0 Å². The SMILES string of the molecule is C[C@@H](NC1CCCc2c1[nH]c1ccc(-c3ccc4ocnc4c3)cc21)c1ccccc1. The Morgan fingerprint density at radius 2 is 1.87 bits per heavy atom. The molecule has 2 aromatic heterocycles. The van der Waals surface area contributed by atoms with Crippen molar-refractivity contribution in [2.24, 2.45) is 0 Å². The molecule has 2 heterocycles. The number of aryl methyl sites for hydroxylation is 1. The van der Waals surface area contributed by atoms with Crippen molar-refractivity contribution in [3.8, 4) is 11.1 Å². The highest BCUT2D eigenvalue weighted by atomic mass is 16.3. The number of nitrogens with zero attached hydrogens (tertiary/aromatic N) is 1. The monoisotopic (exact) mass is 407 g/mol. The predicted octanol–water partition coefficient (Wildman–Crippen LogP) is 6.70. The molecule has 2 atom stereocenters. The van der Waals surface area contributed by atoms with Gasteiger partial charge in [0.25, 0.3) is 0 Å². The molecule has 4 heteroatoms. The number of hydrogen-bond donors (Lipinski definition) is 2. The van der Waals surface area contributed by atoms with Crippen molar-refractivity contribution < 1.29 is 4.42 Å². The molecular weight excluding hydrogens is 382 g/mol. The number of nitrogens with one attached hydrogen (secondary N) is 2. The zero-order chi connectivity index (χ0) is 20.8. The second kappa shape index (κ2) is 7.40. The van der Waals surface area contributed by atoms with Crippen LogP contribution in [0.5, 0.6) is 0 Å². The highest BCUT2D eigenvalue weighted by molar-refractivity contribution is 5.90. The molecule has 154 valence electrons. The van der Waals surface area contributed by atoms with Gasteiger partial charge in [-0.3, -0.25) is 0 Å².